The molecule has 6 nitrogen and oxygen atoms in total. The Morgan fingerprint density at radius 3 is 2.15 bits per heavy atom. The third-order valence-corrected chi connectivity index (χ3v) is 3.45. The molecule has 0 bridgehead atoms. The number of carbonyl (C=O) groups excluding carboxylic acids is 2. The summed E-state index contributed by atoms with van der Waals surface area (Å²) in [6, 6.07) is 5.88. The average molecular weight is 276 g/mol. The Hall–Kier alpha value is -2.21. The molecule has 1 aromatic carbocycles. The number of carbonyl (C=O) groups is 3. The van der Waals surface area contributed by atoms with Crippen LogP contribution in [0.5, 0.6) is 0 Å². The van der Waals surface area contributed by atoms with E-state index >= 15 is 0 Å². The number of hydrogen-bond donors (Lipinski definition) is 1. The summed E-state index contributed by atoms with van der Waals surface area (Å²) in [5, 5.41) is 9.09. The number of hydrogen-bond acceptors (Lipinski definition) is 4. The van der Waals surface area contributed by atoms with Gasteiger partial charge in [0.2, 0.25) is 0 Å². The van der Waals surface area contributed by atoms with Crippen LogP contribution < -0.4 is 0 Å². The summed E-state index contributed by atoms with van der Waals surface area (Å²) in [6.45, 7) is 1.72. The molecule has 20 heavy (non-hydrogen) atoms. The number of fused-ring (bicyclic) bond motifs is 1. The van der Waals surface area contributed by atoms with Crippen molar-refractivity contribution in [2.45, 2.75) is 19.4 Å². The minimum absolute atomic E-state index is 0.0306. The second-order valence-electron chi connectivity index (χ2n) is 4.74. The largest absolute Gasteiger partial charge is 0.480 e. The summed E-state index contributed by atoms with van der Waals surface area (Å²) in [4.78, 5) is 38.0. The fraction of sp³-hybridized carbons (Fsp3) is 0.357. The summed E-state index contributed by atoms with van der Waals surface area (Å²) in [5.41, 5.74) is 0.739. The highest BCUT2D eigenvalue weighted by Gasteiger charge is 2.36. The van der Waals surface area contributed by atoms with Gasteiger partial charge in [-0.05, 0) is 25.6 Å². The topological polar surface area (TPSA) is 77.9 Å². The predicted molar refractivity (Wildman–Crippen MR) is 71.3 cm³/mol. The van der Waals surface area contributed by atoms with Crippen molar-refractivity contribution in [3.63, 3.8) is 0 Å². The van der Waals surface area contributed by atoms with Gasteiger partial charge in [-0.3, -0.25) is 24.2 Å². The molecule has 0 saturated carbocycles. The van der Waals surface area contributed by atoms with E-state index in [1.54, 1.807) is 38.2 Å². The lowest BCUT2D eigenvalue weighted by atomic mass is 10.1. The van der Waals surface area contributed by atoms with Crippen LogP contribution in [0.15, 0.2) is 24.3 Å². The van der Waals surface area contributed by atoms with Crippen LogP contribution in [0.1, 0.15) is 34.1 Å². The monoisotopic (exact) mass is 276 g/mol. The van der Waals surface area contributed by atoms with E-state index in [1.165, 1.54) is 4.90 Å². The fourth-order valence-electron chi connectivity index (χ4n) is 2.36. The van der Waals surface area contributed by atoms with Gasteiger partial charge in [-0.2, -0.15) is 0 Å². The molecule has 1 atom stereocenters. The van der Waals surface area contributed by atoms with Gasteiger partial charge in [0.25, 0.3) is 11.8 Å². The van der Waals surface area contributed by atoms with Crippen LogP contribution in [0.25, 0.3) is 0 Å². The lowest BCUT2D eigenvalue weighted by Gasteiger charge is -2.27. The molecular weight excluding hydrogens is 260 g/mol. The van der Waals surface area contributed by atoms with Gasteiger partial charge in [-0.1, -0.05) is 19.1 Å². The molecule has 0 aromatic heterocycles. The second-order valence-corrected chi connectivity index (χ2v) is 4.74. The Kier molecular flexibility index (Phi) is 3.85. The molecule has 106 valence electrons. The second kappa shape index (κ2) is 5.42. The van der Waals surface area contributed by atoms with Crippen LogP contribution in [0, 0.1) is 0 Å². The van der Waals surface area contributed by atoms with Crippen molar-refractivity contribution in [3.05, 3.63) is 35.4 Å². The van der Waals surface area contributed by atoms with Crippen molar-refractivity contribution < 1.29 is 19.5 Å². The highest BCUT2D eigenvalue weighted by atomic mass is 16.4. The normalized spacial score (nSPS) is 15.7. The summed E-state index contributed by atoms with van der Waals surface area (Å²) < 4.78 is 0. The molecular formula is C14H16N2O4. The van der Waals surface area contributed by atoms with E-state index in [9.17, 15) is 14.4 Å². The number of carboxylic acid groups (broad SMARTS) is 1. The zero-order valence-corrected chi connectivity index (χ0v) is 11.4. The van der Waals surface area contributed by atoms with Gasteiger partial charge in [0.15, 0.2) is 0 Å². The lowest BCUT2D eigenvalue weighted by Crippen LogP contribution is -2.46. The van der Waals surface area contributed by atoms with Gasteiger partial charge in [0, 0.05) is 0 Å². The van der Waals surface area contributed by atoms with Crippen LogP contribution in [0.4, 0.5) is 0 Å². The number of imide groups is 1. The predicted octanol–water partition coefficient (Wildman–Crippen LogP) is 1.04. The molecule has 2 amide bonds. The quantitative estimate of drug-likeness (QED) is 0.813. The van der Waals surface area contributed by atoms with E-state index in [0.29, 0.717) is 17.5 Å². The van der Waals surface area contributed by atoms with E-state index in [4.69, 9.17) is 5.11 Å². The van der Waals surface area contributed by atoms with Gasteiger partial charge < -0.3 is 5.11 Å². The highest BCUT2D eigenvalue weighted by Crippen LogP contribution is 2.22. The number of benzene rings is 1. The summed E-state index contributed by atoms with van der Waals surface area (Å²) in [6.07, 6.45) is 0.398. The fourth-order valence-corrected chi connectivity index (χ4v) is 2.36. The molecule has 0 aliphatic carbocycles. The number of nitrogens with zero attached hydrogens (tertiary/aromatic N) is 2. The smallest absolute Gasteiger partial charge is 0.320 e. The van der Waals surface area contributed by atoms with Crippen molar-refractivity contribution in [2.75, 3.05) is 13.7 Å². The molecule has 0 fully saturated rings. The molecule has 0 radical (unpaired) electrons. The van der Waals surface area contributed by atoms with E-state index in [0.717, 1.165) is 4.90 Å². The zero-order valence-electron chi connectivity index (χ0n) is 11.4. The average Bonchev–Trinajstić information content (AvgIpc) is 2.65. The first-order chi connectivity index (χ1) is 9.47. The minimum atomic E-state index is -0.966. The van der Waals surface area contributed by atoms with Gasteiger partial charge in [0.05, 0.1) is 17.8 Å². The van der Waals surface area contributed by atoms with Crippen LogP contribution >= 0.6 is 0 Å². The number of likely N-dealkylation sites (N-methyl/N-ethyl adjacent to an activating group) is 1. The van der Waals surface area contributed by atoms with Gasteiger partial charge in [-0.15, -0.1) is 0 Å². The molecule has 1 aliphatic heterocycles. The van der Waals surface area contributed by atoms with Crippen molar-refractivity contribution in [1.82, 2.24) is 9.80 Å². The minimum Gasteiger partial charge on any atom is -0.480 e. The van der Waals surface area contributed by atoms with Crippen molar-refractivity contribution in [2.24, 2.45) is 0 Å². The van der Waals surface area contributed by atoms with E-state index < -0.39 is 12.0 Å². The van der Waals surface area contributed by atoms with Crippen LogP contribution in [0.3, 0.4) is 0 Å². The SMILES string of the molecule is CCC(C(=O)O)N(C)CN1C(=O)c2ccccc2C1=O. The standard InChI is InChI=1S/C14H16N2O4/c1-3-11(14(19)20)15(2)8-16-12(17)9-6-4-5-7-10(9)13(16)18/h4-7,11H,3,8H2,1-2H3,(H,19,20). The maximum absolute atomic E-state index is 12.2. The van der Waals surface area contributed by atoms with E-state index in [1.807, 2.05) is 0 Å². The third kappa shape index (κ3) is 2.30. The molecule has 6 heteroatoms. The maximum Gasteiger partial charge on any atom is 0.320 e. The van der Waals surface area contributed by atoms with E-state index in [-0.39, 0.29) is 18.5 Å². The Morgan fingerprint density at radius 2 is 1.75 bits per heavy atom. The molecule has 0 spiro atoms. The van der Waals surface area contributed by atoms with Crippen LogP contribution in [-0.4, -0.2) is 52.4 Å². The van der Waals surface area contributed by atoms with Crippen molar-refractivity contribution in [3.8, 4) is 0 Å². The Balaban J connectivity index is 2.18. The van der Waals surface area contributed by atoms with E-state index in [2.05, 4.69) is 0 Å². The van der Waals surface area contributed by atoms with Gasteiger partial charge >= 0.3 is 5.97 Å². The van der Waals surface area contributed by atoms with Gasteiger partial charge in [0.1, 0.15) is 6.04 Å². The Morgan fingerprint density at radius 1 is 1.25 bits per heavy atom. The number of aliphatic carboxylic acids is 1. The maximum atomic E-state index is 12.2. The van der Waals surface area contributed by atoms with Gasteiger partial charge in [-0.25, -0.2) is 0 Å². The van der Waals surface area contributed by atoms with Crippen molar-refractivity contribution in [1.29, 1.82) is 0 Å². The highest BCUT2D eigenvalue weighted by molar-refractivity contribution is 6.21. The molecule has 2 rings (SSSR count). The molecule has 1 unspecified atom stereocenters. The first kappa shape index (κ1) is 14.2. The number of carboxylic acids is 1. The molecule has 1 heterocycles. The third-order valence-electron chi connectivity index (χ3n) is 3.45. The zero-order chi connectivity index (χ0) is 14.9. The molecule has 1 N–H and O–H groups in total. The van der Waals surface area contributed by atoms with Crippen molar-refractivity contribution >= 4 is 17.8 Å². The summed E-state index contributed by atoms with van der Waals surface area (Å²) in [5.74, 6) is -1.72. The first-order valence-corrected chi connectivity index (χ1v) is 6.35. The molecule has 0 saturated heterocycles. The Labute approximate surface area is 116 Å². The van der Waals surface area contributed by atoms with Crippen LogP contribution in [-0.2, 0) is 4.79 Å². The number of rotatable bonds is 5. The summed E-state index contributed by atoms with van der Waals surface area (Å²) >= 11 is 0. The Bertz CT molecular complexity index is 535. The first-order valence-electron chi connectivity index (χ1n) is 6.35. The molecule has 1 aromatic rings. The lowest BCUT2D eigenvalue weighted by molar-refractivity contribution is -0.143. The van der Waals surface area contributed by atoms with Crippen LogP contribution in [0.2, 0.25) is 0 Å². The molecule has 1 aliphatic rings. The number of amides is 2. The summed E-state index contributed by atoms with van der Waals surface area (Å²) in [7, 11) is 1.59.